The fraction of sp³-hybridized carbons (Fsp3) is 0.211. The van der Waals surface area contributed by atoms with Gasteiger partial charge in [0.05, 0.1) is 17.4 Å². The second-order valence-electron chi connectivity index (χ2n) is 5.87. The summed E-state index contributed by atoms with van der Waals surface area (Å²) in [4.78, 5) is 13.2. The molecule has 7 heteroatoms. The molecule has 0 bridgehead atoms. The molecule has 0 radical (unpaired) electrons. The molecule has 1 aliphatic heterocycles. The van der Waals surface area contributed by atoms with E-state index in [4.69, 9.17) is 27.7 Å². The molecule has 1 unspecified atom stereocenters. The third-order valence-corrected chi connectivity index (χ3v) is 6.92. The van der Waals surface area contributed by atoms with E-state index in [9.17, 15) is 9.36 Å². The number of anilines is 1. The molecule has 26 heavy (non-hydrogen) atoms. The first-order valence-electron chi connectivity index (χ1n) is 8.22. The van der Waals surface area contributed by atoms with Crippen LogP contribution in [-0.4, -0.2) is 12.1 Å². The summed E-state index contributed by atoms with van der Waals surface area (Å²) in [5.41, 5.74) is 1.65. The first kappa shape index (κ1) is 19.0. The van der Waals surface area contributed by atoms with Gasteiger partial charge < -0.3 is 4.52 Å². The third kappa shape index (κ3) is 3.42. The average Bonchev–Trinajstić information content (AvgIpc) is 2.62. The van der Waals surface area contributed by atoms with Gasteiger partial charge in [-0.3, -0.25) is 9.36 Å². The first-order valence-corrected chi connectivity index (χ1v) is 10.7. The predicted molar refractivity (Wildman–Crippen MR) is 107 cm³/mol. The molecule has 0 spiro atoms. The summed E-state index contributed by atoms with van der Waals surface area (Å²) < 4.78 is 20.7. The Morgan fingerprint density at radius 1 is 1.19 bits per heavy atom. The molecule has 0 fully saturated rings. The number of amides is 1. The van der Waals surface area contributed by atoms with Crippen molar-refractivity contribution in [2.24, 2.45) is 0 Å². The highest BCUT2D eigenvalue weighted by Gasteiger charge is 2.43. The highest BCUT2D eigenvalue weighted by molar-refractivity contribution is 7.62. The van der Waals surface area contributed by atoms with Crippen LogP contribution in [0.15, 0.2) is 48.6 Å². The number of fused-ring (bicyclic) bond motifs is 1. The number of carbonyl (C=O) groups excluding carboxylic acids is 1. The van der Waals surface area contributed by atoms with Crippen LogP contribution in [0.4, 0.5) is 5.69 Å². The zero-order valence-corrected chi connectivity index (χ0v) is 16.8. The second-order valence-corrected chi connectivity index (χ2v) is 8.93. The van der Waals surface area contributed by atoms with Gasteiger partial charge in [-0.25, -0.2) is 4.67 Å². The lowest BCUT2D eigenvalue weighted by Crippen LogP contribution is -2.35. The van der Waals surface area contributed by atoms with Crippen molar-refractivity contribution in [2.45, 2.75) is 20.3 Å². The van der Waals surface area contributed by atoms with Crippen LogP contribution in [0.2, 0.25) is 10.0 Å². The molecule has 2 aromatic rings. The average molecular weight is 410 g/mol. The maximum absolute atomic E-state index is 13.6. The lowest BCUT2D eigenvalue weighted by Gasteiger charge is -2.35. The Bertz CT molecular complexity index is 942. The molecule has 1 aliphatic rings. The highest BCUT2D eigenvalue weighted by atomic mass is 35.5. The minimum absolute atomic E-state index is 0.112. The standard InChI is InChI=1S/C19H18Cl2NO3P/c1-3-5-10-26(24)22(15-7-8-17(21)13(4-2)11-15)19(23)16-12-14(20)6-9-18(16)25-26/h3,5-9,11-12H,4,10H2,1-2H3/b5-3-. The number of hydrogen-bond acceptors (Lipinski definition) is 3. The molecule has 1 atom stereocenters. The lowest BCUT2D eigenvalue weighted by molar-refractivity contribution is 0.0995. The summed E-state index contributed by atoms with van der Waals surface area (Å²) in [5.74, 6) is -0.112. The fourth-order valence-electron chi connectivity index (χ4n) is 2.81. The Morgan fingerprint density at radius 2 is 1.96 bits per heavy atom. The van der Waals surface area contributed by atoms with Crippen molar-refractivity contribution in [3.8, 4) is 5.75 Å². The molecule has 3 rings (SSSR count). The molecule has 0 N–H and O–H groups in total. The number of hydrogen-bond donors (Lipinski definition) is 0. The highest BCUT2D eigenvalue weighted by Crippen LogP contribution is 2.58. The molecular weight excluding hydrogens is 392 g/mol. The zero-order valence-electron chi connectivity index (χ0n) is 14.4. The van der Waals surface area contributed by atoms with Gasteiger partial charge in [-0.15, -0.1) is 0 Å². The summed E-state index contributed by atoms with van der Waals surface area (Å²) in [6.07, 6.45) is 4.32. The SMILES string of the molecule is C/C=C\CP1(=O)Oc2ccc(Cl)cc2C(=O)N1c1ccc(Cl)c(CC)c1. The van der Waals surface area contributed by atoms with E-state index in [-0.39, 0.29) is 17.5 Å². The molecule has 1 heterocycles. The van der Waals surface area contributed by atoms with Gasteiger partial charge in [-0.1, -0.05) is 42.3 Å². The van der Waals surface area contributed by atoms with Gasteiger partial charge >= 0.3 is 7.52 Å². The third-order valence-electron chi connectivity index (χ3n) is 4.14. The summed E-state index contributed by atoms with van der Waals surface area (Å²) in [5, 5.41) is 1.02. The normalized spacial score (nSPS) is 19.5. The van der Waals surface area contributed by atoms with E-state index in [2.05, 4.69) is 0 Å². The predicted octanol–water partition coefficient (Wildman–Crippen LogP) is 6.36. The van der Waals surface area contributed by atoms with Crippen molar-refractivity contribution >= 4 is 42.3 Å². The quantitative estimate of drug-likeness (QED) is 0.435. The number of nitrogens with zero attached hydrogens (tertiary/aromatic N) is 1. The van der Waals surface area contributed by atoms with Gasteiger partial charge in [-0.05, 0) is 55.3 Å². The van der Waals surface area contributed by atoms with Crippen molar-refractivity contribution in [3.05, 3.63) is 69.7 Å². The van der Waals surface area contributed by atoms with Crippen LogP contribution in [0.5, 0.6) is 5.75 Å². The lowest BCUT2D eigenvalue weighted by atomic mass is 10.1. The summed E-state index contributed by atoms with van der Waals surface area (Å²) in [7, 11) is -3.50. The van der Waals surface area contributed by atoms with Crippen molar-refractivity contribution in [2.75, 3.05) is 10.8 Å². The molecular formula is C19H18Cl2NO3P. The molecule has 0 aliphatic carbocycles. The number of benzene rings is 2. The first-order chi connectivity index (χ1) is 12.4. The van der Waals surface area contributed by atoms with Crippen molar-refractivity contribution in [1.82, 2.24) is 0 Å². The zero-order chi connectivity index (χ0) is 18.9. The molecule has 1 amide bonds. The summed E-state index contributed by atoms with van der Waals surface area (Å²) >= 11 is 12.2. The van der Waals surface area contributed by atoms with E-state index < -0.39 is 13.4 Å². The van der Waals surface area contributed by atoms with Crippen molar-refractivity contribution < 1.29 is 13.9 Å². The maximum Gasteiger partial charge on any atom is 0.354 e. The van der Waals surface area contributed by atoms with Gasteiger partial charge in [0.25, 0.3) is 5.91 Å². The van der Waals surface area contributed by atoms with Gasteiger partial charge in [0.2, 0.25) is 0 Å². The van der Waals surface area contributed by atoms with Crippen molar-refractivity contribution in [3.63, 3.8) is 0 Å². The molecule has 136 valence electrons. The Hall–Kier alpha value is -1.74. The van der Waals surface area contributed by atoms with Crippen LogP contribution in [-0.2, 0) is 11.0 Å². The number of aryl methyl sites for hydroxylation is 1. The topological polar surface area (TPSA) is 46.6 Å². The monoisotopic (exact) mass is 409 g/mol. The summed E-state index contributed by atoms with van der Waals surface area (Å²) in [6.45, 7) is 3.79. The second kappa shape index (κ2) is 7.48. The smallest absolute Gasteiger partial charge is 0.354 e. The largest absolute Gasteiger partial charge is 0.427 e. The van der Waals surface area contributed by atoms with E-state index in [0.29, 0.717) is 22.2 Å². The van der Waals surface area contributed by atoms with Gasteiger partial charge in [0.1, 0.15) is 5.75 Å². The number of rotatable bonds is 4. The van der Waals surface area contributed by atoms with Crippen LogP contribution in [0, 0.1) is 0 Å². The van der Waals surface area contributed by atoms with E-state index >= 15 is 0 Å². The molecule has 0 saturated carbocycles. The number of carbonyl (C=O) groups is 1. The molecule has 0 saturated heterocycles. The number of halogens is 2. The van der Waals surface area contributed by atoms with Crippen molar-refractivity contribution in [1.29, 1.82) is 0 Å². The van der Waals surface area contributed by atoms with E-state index in [1.807, 2.05) is 13.8 Å². The van der Waals surface area contributed by atoms with Crippen LogP contribution >= 0.6 is 30.7 Å². The molecule has 4 nitrogen and oxygen atoms in total. The fourth-order valence-corrected chi connectivity index (χ4v) is 5.36. The van der Waals surface area contributed by atoms with Crippen LogP contribution in [0.3, 0.4) is 0 Å². The van der Waals surface area contributed by atoms with E-state index in [1.54, 1.807) is 42.5 Å². The van der Waals surface area contributed by atoms with Crippen LogP contribution < -0.4 is 9.19 Å². The van der Waals surface area contributed by atoms with E-state index in [0.717, 1.165) is 5.56 Å². The minimum Gasteiger partial charge on any atom is -0.427 e. The molecule has 0 aromatic heterocycles. The molecule has 2 aromatic carbocycles. The van der Waals surface area contributed by atoms with Gasteiger partial charge in [0, 0.05) is 10.0 Å². The van der Waals surface area contributed by atoms with Gasteiger partial charge in [0.15, 0.2) is 0 Å². The Kier molecular flexibility index (Phi) is 5.47. The Labute approximate surface area is 162 Å². The van der Waals surface area contributed by atoms with Gasteiger partial charge in [-0.2, -0.15) is 0 Å². The van der Waals surface area contributed by atoms with Crippen LogP contribution in [0.25, 0.3) is 0 Å². The Balaban J connectivity index is 2.18. The summed E-state index contributed by atoms with van der Waals surface area (Å²) in [6, 6.07) is 9.88. The minimum atomic E-state index is -3.50. The maximum atomic E-state index is 13.6. The van der Waals surface area contributed by atoms with E-state index in [1.165, 1.54) is 10.7 Å². The number of allylic oxidation sites excluding steroid dienone is 2. The van der Waals surface area contributed by atoms with Crippen LogP contribution in [0.1, 0.15) is 29.8 Å². The Morgan fingerprint density at radius 3 is 2.65 bits per heavy atom.